The summed E-state index contributed by atoms with van der Waals surface area (Å²) in [6, 6.07) is 17.6. The monoisotopic (exact) mass is 361 g/mol. The van der Waals surface area contributed by atoms with Crippen LogP contribution >= 0.6 is 0 Å². The maximum Gasteiger partial charge on any atom is 0.224 e. The average molecular weight is 361 g/mol. The van der Waals surface area contributed by atoms with E-state index in [4.69, 9.17) is 0 Å². The summed E-state index contributed by atoms with van der Waals surface area (Å²) in [6.45, 7) is 3.14. The number of nitrogens with one attached hydrogen (secondary N) is 1. The molecule has 1 N–H and O–H groups in total. The van der Waals surface area contributed by atoms with Crippen molar-refractivity contribution in [3.05, 3.63) is 60.3 Å². The second-order valence-electron chi connectivity index (χ2n) is 7.49. The van der Waals surface area contributed by atoms with Crippen LogP contribution in [0.4, 0.5) is 11.8 Å². The molecule has 0 amide bonds. The topological polar surface area (TPSA) is 44.3 Å². The van der Waals surface area contributed by atoms with Crippen molar-refractivity contribution in [1.29, 1.82) is 0 Å². The maximum absolute atomic E-state index is 4.60. The number of benzene rings is 2. The fourth-order valence-electron chi connectivity index (χ4n) is 3.84. The van der Waals surface area contributed by atoms with E-state index in [1.807, 2.05) is 31.3 Å². The molecule has 1 aliphatic rings. The van der Waals surface area contributed by atoms with E-state index in [9.17, 15) is 0 Å². The second-order valence-corrected chi connectivity index (χ2v) is 7.49. The number of anilines is 2. The lowest BCUT2D eigenvalue weighted by Crippen LogP contribution is -2.42. The van der Waals surface area contributed by atoms with Gasteiger partial charge in [0.25, 0.3) is 0 Å². The Labute approximate surface area is 161 Å². The molecule has 0 aliphatic carbocycles. The predicted molar refractivity (Wildman–Crippen MR) is 112 cm³/mol. The fraction of sp³-hybridized carbons (Fsp3) is 0.364. The predicted octanol–water partition coefficient (Wildman–Crippen LogP) is 3.77. The number of aromatic nitrogens is 2. The van der Waals surface area contributed by atoms with E-state index in [0.717, 1.165) is 37.8 Å². The molecule has 4 rings (SSSR count). The standard InChI is InChI=1S/C22H27N5/c1-26(2)21-12-13-23-22(25-21)24-19-10-6-14-27(16-19)15-18-9-5-8-17-7-3-4-11-20(17)18/h3-5,7-9,11-13,19H,6,10,14-16H2,1-2H3,(H,23,24,25). The lowest BCUT2D eigenvalue weighted by atomic mass is 10.0. The molecule has 2 heterocycles. The molecule has 1 saturated heterocycles. The molecule has 140 valence electrons. The van der Waals surface area contributed by atoms with Crippen molar-refractivity contribution in [2.45, 2.75) is 25.4 Å². The summed E-state index contributed by atoms with van der Waals surface area (Å²) < 4.78 is 0. The van der Waals surface area contributed by atoms with E-state index in [-0.39, 0.29) is 0 Å². The van der Waals surface area contributed by atoms with Gasteiger partial charge in [0, 0.05) is 39.4 Å². The van der Waals surface area contributed by atoms with Gasteiger partial charge < -0.3 is 10.2 Å². The Balaban J connectivity index is 1.44. The Morgan fingerprint density at radius 3 is 2.85 bits per heavy atom. The zero-order valence-corrected chi connectivity index (χ0v) is 16.1. The molecule has 0 bridgehead atoms. The van der Waals surface area contributed by atoms with Crippen LogP contribution in [0.5, 0.6) is 0 Å². The lowest BCUT2D eigenvalue weighted by Gasteiger charge is -2.33. The van der Waals surface area contributed by atoms with Gasteiger partial charge in [-0.25, -0.2) is 4.98 Å². The summed E-state index contributed by atoms with van der Waals surface area (Å²) in [7, 11) is 4.00. The van der Waals surface area contributed by atoms with E-state index < -0.39 is 0 Å². The number of hydrogen-bond donors (Lipinski definition) is 1. The molecule has 1 aromatic heterocycles. The highest BCUT2D eigenvalue weighted by Crippen LogP contribution is 2.22. The second kappa shape index (κ2) is 7.92. The third-order valence-corrected chi connectivity index (χ3v) is 5.21. The zero-order chi connectivity index (χ0) is 18.6. The van der Waals surface area contributed by atoms with Gasteiger partial charge in [0.15, 0.2) is 0 Å². The summed E-state index contributed by atoms with van der Waals surface area (Å²) in [5, 5.41) is 6.21. The smallest absolute Gasteiger partial charge is 0.224 e. The Kier molecular flexibility index (Phi) is 5.21. The highest BCUT2D eigenvalue weighted by molar-refractivity contribution is 5.85. The largest absolute Gasteiger partial charge is 0.363 e. The number of hydrogen-bond acceptors (Lipinski definition) is 5. The molecular weight excluding hydrogens is 334 g/mol. The van der Waals surface area contributed by atoms with Gasteiger partial charge in [0.2, 0.25) is 5.95 Å². The van der Waals surface area contributed by atoms with Crippen molar-refractivity contribution in [2.24, 2.45) is 0 Å². The quantitative estimate of drug-likeness (QED) is 0.749. The summed E-state index contributed by atoms with van der Waals surface area (Å²) in [5.74, 6) is 1.65. The molecule has 1 unspecified atom stereocenters. The summed E-state index contributed by atoms with van der Waals surface area (Å²) >= 11 is 0. The van der Waals surface area contributed by atoms with E-state index in [0.29, 0.717) is 6.04 Å². The van der Waals surface area contributed by atoms with Crippen LogP contribution in [0.1, 0.15) is 18.4 Å². The molecule has 0 saturated carbocycles. The Morgan fingerprint density at radius 2 is 1.96 bits per heavy atom. The molecular formula is C22H27N5. The summed E-state index contributed by atoms with van der Waals surface area (Å²) in [5.41, 5.74) is 1.40. The molecule has 2 aromatic carbocycles. The number of rotatable bonds is 5. The Bertz CT molecular complexity index is 903. The first-order valence-corrected chi connectivity index (χ1v) is 9.65. The van der Waals surface area contributed by atoms with Crippen LogP contribution in [0.2, 0.25) is 0 Å². The Hall–Kier alpha value is -2.66. The third-order valence-electron chi connectivity index (χ3n) is 5.21. The van der Waals surface area contributed by atoms with Crippen LogP contribution in [0.3, 0.4) is 0 Å². The van der Waals surface area contributed by atoms with Gasteiger partial charge in [-0.05, 0) is 41.8 Å². The first-order chi connectivity index (χ1) is 13.2. The minimum atomic E-state index is 0.381. The van der Waals surface area contributed by atoms with E-state index in [1.165, 1.54) is 22.8 Å². The van der Waals surface area contributed by atoms with Gasteiger partial charge in [-0.15, -0.1) is 0 Å². The maximum atomic E-state index is 4.60. The minimum absolute atomic E-state index is 0.381. The summed E-state index contributed by atoms with van der Waals surface area (Å²) in [6.07, 6.45) is 4.17. The molecule has 5 heteroatoms. The minimum Gasteiger partial charge on any atom is -0.363 e. The van der Waals surface area contributed by atoms with E-state index in [1.54, 1.807) is 0 Å². The van der Waals surface area contributed by atoms with Crippen molar-refractivity contribution >= 4 is 22.5 Å². The normalized spacial score (nSPS) is 17.8. The number of fused-ring (bicyclic) bond motifs is 1. The molecule has 5 nitrogen and oxygen atoms in total. The SMILES string of the molecule is CN(C)c1ccnc(NC2CCCN(Cc3cccc4ccccc34)C2)n1. The van der Waals surface area contributed by atoms with Crippen molar-refractivity contribution in [2.75, 3.05) is 37.4 Å². The summed E-state index contributed by atoms with van der Waals surface area (Å²) in [4.78, 5) is 13.5. The average Bonchev–Trinajstić information content (AvgIpc) is 2.69. The van der Waals surface area contributed by atoms with E-state index in [2.05, 4.69) is 62.6 Å². The van der Waals surface area contributed by atoms with Crippen LogP contribution in [0, 0.1) is 0 Å². The number of likely N-dealkylation sites (tertiary alicyclic amines) is 1. The van der Waals surface area contributed by atoms with Gasteiger partial charge in [-0.1, -0.05) is 42.5 Å². The first-order valence-electron chi connectivity index (χ1n) is 9.65. The van der Waals surface area contributed by atoms with Gasteiger partial charge in [-0.3, -0.25) is 4.90 Å². The first kappa shape index (κ1) is 17.7. The highest BCUT2D eigenvalue weighted by Gasteiger charge is 2.21. The highest BCUT2D eigenvalue weighted by atomic mass is 15.2. The number of nitrogens with zero attached hydrogens (tertiary/aromatic N) is 4. The van der Waals surface area contributed by atoms with Crippen LogP contribution < -0.4 is 10.2 Å². The van der Waals surface area contributed by atoms with Crippen molar-refractivity contribution < 1.29 is 0 Å². The van der Waals surface area contributed by atoms with Crippen molar-refractivity contribution in [3.8, 4) is 0 Å². The molecule has 3 aromatic rings. The molecule has 1 atom stereocenters. The van der Waals surface area contributed by atoms with Crippen molar-refractivity contribution in [1.82, 2.24) is 14.9 Å². The number of piperidine rings is 1. The van der Waals surface area contributed by atoms with E-state index >= 15 is 0 Å². The van der Waals surface area contributed by atoms with Crippen molar-refractivity contribution in [3.63, 3.8) is 0 Å². The third kappa shape index (κ3) is 4.19. The molecule has 0 spiro atoms. The molecule has 27 heavy (non-hydrogen) atoms. The fourth-order valence-corrected chi connectivity index (χ4v) is 3.84. The molecule has 0 radical (unpaired) electrons. The van der Waals surface area contributed by atoms with Crippen LogP contribution in [0.15, 0.2) is 54.7 Å². The van der Waals surface area contributed by atoms with Crippen LogP contribution in [-0.4, -0.2) is 48.1 Å². The molecule has 1 aliphatic heterocycles. The van der Waals surface area contributed by atoms with Gasteiger partial charge in [0.1, 0.15) is 5.82 Å². The molecule has 1 fully saturated rings. The van der Waals surface area contributed by atoms with Gasteiger partial charge in [-0.2, -0.15) is 4.98 Å². The van der Waals surface area contributed by atoms with Crippen LogP contribution in [-0.2, 0) is 6.54 Å². The van der Waals surface area contributed by atoms with Gasteiger partial charge >= 0.3 is 0 Å². The zero-order valence-electron chi connectivity index (χ0n) is 16.1. The van der Waals surface area contributed by atoms with Gasteiger partial charge in [0.05, 0.1) is 0 Å². The lowest BCUT2D eigenvalue weighted by molar-refractivity contribution is 0.209. The van der Waals surface area contributed by atoms with Crippen LogP contribution in [0.25, 0.3) is 10.8 Å². The Morgan fingerprint density at radius 1 is 1.11 bits per heavy atom.